The first kappa shape index (κ1) is 11.7. The van der Waals surface area contributed by atoms with E-state index in [2.05, 4.69) is 15.1 Å². The number of aryl methyl sites for hydroxylation is 1. The molecule has 0 aliphatic heterocycles. The summed E-state index contributed by atoms with van der Waals surface area (Å²) in [5.41, 5.74) is 7.50. The molecule has 17 heavy (non-hydrogen) atoms. The van der Waals surface area contributed by atoms with Crippen molar-refractivity contribution in [3.05, 3.63) is 29.9 Å². The molecule has 90 valence electrons. The number of aliphatic hydroxyl groups excluding tert-OH is 1. The van der Waals surface area contributed by atoms with Gasteiger partial charge in [0.05, 0.1) is 6.10 Å². The van der Waals surface area contributed by atoms with Crippen molar-refractivity contribution in [3.63, 3.8) is 0 Å². The number of pyridine rings is 1. The largest absolute Gasteiger partial charge is 0.391 e. The summed E-state index contributed by atoms with van der Waals surface area (Å²) < 4.78 is 5.03. The lowest BCUT2D eigenvalue weighted by Crippen LogP contribution is -2.23. The molecule has 0 saturated heterocycles. The number of hydrogen-bond donors (Lipinski definition) is 2. The van der Waals surface area contributed by atoms with Crippen molar-refractivity contribution in [3.8, 4) is 11.4 Å². The van der Waals surface area contributed by atoms with E-state index in [0.29, 0.717) is 5.82 Å². The van der Waals surface area contributed by atoms with Gasteiger partial charge in [0.15, 0.2) is 0 Å². The number of aromatic nitrogens is 3. The number of hydrogen-bond acceptors (Lipinski definition) is 6. The maximum atomic E-state index is 9.35. The van der Waals surface area contributed by atoms with Gasteiger partial charge in [0.25, 0.3) is 0 Å². The molecule has 0 aliphatic carbocycles. The van der Waals surface area contributed by atoms with Gasteiger partial charge in [0, 0.05) is 18.0 Å². The summed E-state index contributed by atoms with van der Waals surface area (Å²) in [6, 6.07) is 1.14. The van der Waals surface area contributed by atoms with Gasteiger partial charge >= 0.3 is 0 Å². The van der Waals surface area contributed by atoms with Gasteiger partial charge in [-0.25, -0.2) is 0 Å². The minimum absolute atomic E-state index is 0.228. The summed E-state index contributed by atoms with van der Waals surface area (Å²) in [7, 11) is 0. The molecule has 2 atom stereocenters. The molecule has 2 aromatic rings. The molecule has 2 aromatic heterocycles. The van der Waals surface area contributed by atoms with E-state index in [-0.39, 0.29) is 5.89 Å². The molecule has 6 nitrogen and oxygen atoms in total. The van der Waals surface area contributed by atoms with Crippen LogP contribution in [0.2, 0.25) is 0 Å². The predicted molar refractivity (Wildman–Crippen MR) is 60.9 cm³/mol. The van der Waals surface area contributed by atoms with Gasteiger partial charge < -0.3 is 15.4 Å². The summed E-state index contributed by atoms with van der Waals surface area (Å²) in [6.45, 7) is 3.49. The second kappa shape index (κ2) is 4.60. The van der Waals surface area contributed by atoms with Crippen LogP contribution in [0.15, 0.2) is 23.0 Å². The minimum atomic E-state index is -0.734. The number of nitrogens with two attached hydrogens (primary N) is 1. The Bertz CT molecular complexity index is 510. The molecule has 6 heteroatoms. The zero-order valence-electron chi connectivity index (χ0n) is 9.66. The lowest BCUT2D eigenvalue weighted by molar-refractivity contribution is 0.146. The first-order valence-corrected chi connectivity index (χ1v) is 5.28. The van der Waals surface area contributed by atoms with Crippen LogP contribution in [-0.2, 0) is 0 Å². The number of rotatable bonds is 3. The Morgan fingerprint density at radius 1 is 1.47 bits per heavy atom. The van der Waals surface area contributed by atoms with E-state index >= 15 is 0 Å². The van der Waals surface area contributed by atoms with Crippen molar-refractivity contribution in [1.82, 2.24) is 15.1 Å². The quantitative estimate of drug-likeness (QED) is 0.815. The Balaban J connectivity index is 2.34. The summed E-state index contributed by atoms with van der Waals surface area (Å²) in [6.07, 6.45) is 2.65. The van der Waals surface area contributed by atoms with Gasteiger partial charge in [-0.05, 0) is 25.5 Å². The maximum Gasteiger partial charge on any atom is 0.246 e. The van der Waals surface area contributed by atoms with Crippen LogP contribution in [0.25, 0.3) is 11.4 Å². The molecular weight excluding hydrogens is 220 g/mol. The van der Waals surface area contributed by atoms with Crippen LogP contribution in [-0.4, -0.2) is 26.3 Å². The van der Waals surface area contributed by atoms with Crippen molar-refractivity contribution in [2.24, 2.45) is 5.73 Å². The van der Waals surface area contributed by atoms with Gasteiger partial charge in [-0.2, -0.15) is 4.98 Å². The van der Waals surface area contributed by atoms with Crippen LogP contribution >= 0.6 is 0 Å². The summed E-state index contributed by atoms with van der Waals surface area (Å²) in [4.78, 5) is 8.16. The topological polar surface area (TPSA) is 98.1 Å². The van der Waals surface area contributed by atoms with Crippen LogP contribution in [0.5, 0.6) is 0 Å². The molecule has 0 radical (unpaired) electrons. The van der Waals surface area contributed by atoms with E-state index in [9.17, 15) is 5.11 Å². The lowest BCUT2D eigenvalue weighted by Gasteiger charge is -2.08. The molecule has 3 N–H and O–H groups in total. The highest BCUT2D eigenvalue weighted by molar-refractivity contribution is 5.57. The Kier molecular flexibility index (Phi) is 3.16. The lowest BCUT2D eigenvalue weighted by atomic mass is 10.1. The Morgan fingerprint density at radius 2 is 2.24 bits per heavy atom. The third-order valence-corrected chi connectivity index (χ3v) is 2.51. The molecule has 0 aromatic carbocycles. The summed E-state index contributed by atoms with van der Waals surface area (Å²) >= 11 is 0. The Labute approximate surface area is 98.5 Å². The molecule has 0 saturated carbocycles. The van der Waals surface area contributed by atoms with Gasteiger partial charge in [-0.1, -0.05) is 5.16 Å². The van der Waals surface area contributed by atoms with E-state index in [1.54, 1.807) is 25.4 Å². The van der Waals surface area contributed by atoms with Gasteiger partial charge in [0.1, 0.15) is 6.04 Å². The second-order valence-electron chi connectivity index (χ2n) is 3.91. The SMILES string of the molecule is Cc1cnccc1-c1noc([C@@H](N)[C@@H](C)O)n1. The fourth-order valence-electron chi connectivity index (χ4n) is 1.41. The fraction of sp³-hybridized carbons (Fsp3) is 0.364. The van der Waals surface area contributed by atoms with Crippen molar-refractivity contribution in [2.45, 2.75) is 26.0 Å². The molecule has 0 spiro atoms. The number of aliphatic hydroxyl groups is 1. The van der Waals surface area contributed by atoms with Crippen molar-refractivity contribution < 1.29 is 9.63 Å². The van der Waals surface area contributed by atoms with E-state index < -0.39 is 12.1 Å². The molecule has 2 heterocycles. The standard InChI is InChI=1S/C11H14N4O2/c1-6-5-13-4-3-8(6)10-14-11(17-15-10)9(12)7(2)16/h3-5,7,9,16H,12H2,1-2H3/t7-,9+/m1/s1. The Hall–Kier alpha value is -1.79. The Morgan fingerprint density at radius 3 is 2.88 bits per heavy atom. The average Bonchev–Trinajstić information content (AvgIpc) is 2.77. The average molecular weight is 234 g/mol. The third kappa shape index (κ3) is 2.32. The predicted octanol–water partition coefficient (Wildman–Crippen LogP) is 0.821. The van der Waals surface area contributed by atoms with Crippen LogP contribution in [0.1, 0.15) is 24.4 Å². The maximum absolute atomic E-state index is 9.35. The fourth-order valence-corrected chi connectivity index (χ4v) is 1.41. The molecule has 0 fully saturated rings. The van der Waals surface area contributed by atoms with E-state index in [0.717, 1.165) is 11.1 Å². The van der Waals surface area contributed by atoms with Crippen LogP contribution in [0, 0.1) is 6.92 Å². The highest BCUT2D eigenvalue weighted by atomic mass is 16.5. The van der Waals surface area contributed by atoms with E-state index in [1.165, 1.54) is 0 Å². The van der Waals surface area contributed by atoms with Gasteiger partial charge in [-0.3, -0.25) is 4.98 Å². The zero-order chi connectivity index (χ0) is 12.4. The van der Waals surface area contributed by atoms with Crippen molar-refractivity contribution in [2.75, 3.05) is 0 Å². The molecular formula is C11H14N4O2. The monoisotopic (exact) mass is 234 g/mol. The van der Waals surface area contributed by atoms with E-state index in [1.807, 2.05) is 6.92 Å². The van der Waals surface area contributed by atoms with E-state index in [4.69, 9.17) is 10.3 Å². The van der Waals surface area contributed by atoms with Crippen LogP contribution < -0.4 is 5.73 Å². The zero-order valence-corrected chi connectivity index (χ0v) is 9.66. The van der Waals surface area contributed by atoms with Crippen LogP contribution in [0.4, 0.5) is 0 Å². The normalized spacial score (nSPS) is 14.6. The first-order valence-electron chi connectivity index (χ1n) is 5.28. The highest BCUT2D eigenvalue weighted by Gasteiger charge is 2.20. The first-order chi connectivity index (χ1) is 8.09. The molecule has 0 unspecified atom stereocenters. The summed E-state index contributed by atoms with van der Waals surface area (Å²) in [5.74, 6) is 0.683. The molecule has 0 bridgehead atoms. The van der Waals surface area contributed by atoms with Crippen molar-refractivity contribution in [1.29, 1.82) is 0 Å². The third-order valence-electron chi connectivity index (χ3n) is 2.51. The van der Waals surface area contributed by atoms with Gasteiger partial charge in [0.2, 0.25) is 11.7 Å². The highest BCUT2D eigenvalue weighted by Crippen LogP contribution is 2.21. The van der Waals surface area contributed by atoms with Crippen molar-refractivity contribution >= 4 is 0 Å². The molecule has 0 amide bonds. The molecule has 0 aliphatic rings. The second-order valence-corrected chi connectivity index (χ2v) is 3.91. The smallest absolute Gasteiger partial charge is 0.246 e. The number of nitrogens with zero attached hydrogens (tertiary/aromatic N) is 3. The van der Waals surface area contributed by atoms with Crippen LogP contribution in [0.3, 0.4) is 0 Å². The minimum Gasteiger partial charge on any atom is -0.391 e. The summed E-state index contributed by atoms with van der Waals surface area (Å²) in [5, 5.41) is 13.2. The molecule has 2 rings (SSSR count). The van der Waals surface area contributed by atoms with Gasteiger partial charge in [-0.15, -0.1) is 0 Å².